The Kier molecular flexibility index (Phi) is 5.57. The fourth-order valence-electron chi connectivity index (χ4n) is 2.90. The number of para-hydroxylation sites is 2. The fourth-order valence-corrected chi connectivity index (χ4v) is 2.90. The Morgan fingerprint density at radius 3 is 2.50 bits per heavy atom. The van der Waals surface area contributed by atoms with Crippen molar-refractivity contribution in [2.45, 2.75) is 6.10 Å². The number of nitrogens with zero attached hydrogens (tertiary/aromatic N) is 2. The van der Waals surface area contributed by atoms with Gasteiger partial charge < -0.3 is 19.7 Å². The summed E-state index contributed by atoms with van der Waals surface area (Å²) in [5, 5.41) is 4.55. The van der Waals surface area contributed by atoms with Gasteiger partial charge in [-0.25, -0.2) is 4.79 Å². The van der Waals surface area contributed by atoms with E-state index in [1.807, 2.05) is 17.0 Å². The van der Waals surface area contributed by atoms with E-state index in [0.717, 1.165) is 0 Å². The number of hydrogen-bond donors (Lipinski definition) is 2. The van der Waals surface area contributed by atoms with Crippen molar-refractivity contribution in [3.05, 3.63) is 24.3 Å². The van der Waals surface area contributed by atoms with Crippen LogP contribution in [0.1, 0.15) is 0 Å². The molecule has 4 amide bonds. The van der Waals surface area contributed by atoms with Gasteiger partial charge in [-0.05, 0) is 12.1 Å². The largest absolute Gasteiger partial charge is 0.485 e. The van der Waals surface area contributed by atoms with Crippen LogP contribution in [0.4, 0.5) is 4.79 Å². The maximum absolute atomic E-state index is 12.6. The van der Waals surface area contributed by atoms with E-state index in [9.17, 15) is 14.4 Å². The molecule has 140 valence electrons. The number of urea groups is 1. The topological polar surface area (TPSA) is 100 Å². The standard InChI is InChI=1S/C17H22N4O5/c1-18-17(24)19-15(22)10-20-6-8-21(9-7-20)16(23)14-11-25-12-4-2-3-5-13(12)26-14/h2-5,14H,6-11H2,1H3,(H2,18,19,22,24)/t14-/m0/s1. The number of nitrogens with one attached hydrogen (secondary N) is 2. The van der Waals surface area contributed by atoms with Crippen molar-refractivity contribution in [3.63, 3.8) is 0 Å². The summed E-state index contributed by atoms with van der Waals surface area (Å²) >= 11 is 0. The van der Waals surface area contributed by atoms with E-state index < -0.39 is 12.1 Å². The maximum atomic E-state index is 12.6. The van der Waals surface area contributed by atoms with Crippen molar-refractivity contribution in [2.75, 3.05) is 46.4 Å². The lowest BCUT2D eigenvalue weighted by Gasteiger charge is -2.36. The van der Waals surface area contributed by atoms with Crippen LogP contribution < -0.4 is 20.1 Å². The minimum absolute atomic E-state index is 0.117. The van der Waals surface area contributed by atoms with Crippen molar-refractivity contribution >= 4 is 17.8 Å². The van der Waals surface area contributed by atoms with Gasteiger partial charge in [0.2, 0.25) is 12.0 Å². The number of carbonyl (C=O) groups excluding carboxylic acids is 3. The molecule has 0 aromatic heterocycles. The van der Waals surface area contributed by atoms with E-state index in [-0.39, 0.29) is 25.0 Å². The summed E-state index contributed by atoms with van der Waals surface area (Å²) < 4.78 is 11.4. The average molecular weight is 362 g/mol. The molecule has 1 saturated heterocycles. The Labute approximate surface area is 151 Å². The molecule has 2 N–H and O–H groups in total. The first-order valence-corrected chi connectivity index (χ1v) is 8.48. The van der Waals surface area contributed by atoms with Crippen LogP contribution in [-0.4, -0.2) is 80.1 Å². The lowest BCUT2D eigenvalue weighted by Crippen LogP contribution is -2.55. The Bertz CT molecular complexity index is 687. The number of imide groups is 1. The summed E-state index contributed by atoms with van der Waals surface area (Å²) in [5.41, 5.74) is 0. The van der Waals surface area contributed by atoms with Crippen LogP contribution in [0.3, 0.4) is 0 Å². The van der Waals surface area contributed by atoms with Gasteiger partial charge in [0.1, 0.15) is 6.61 Å². The molecule has 0 unspecified atom stereocenters. The smallest absolute Gasteiger partial charge is 0.321 e. The minimum atomic E-state index is -0.659. The van der Waals surface area contributed by atoms with Gasteiger partial charge in [-0.3, -0.25) is 19.8 Å². The van der Waals surface area contributed by atoms with Crippen LogP contribution in [0.15, 0.2) is 24.3 Å². The summed E-state index contributed by atoms with van der Waals surface area (Å²) in [6, 6.07) is 6.73. The van der Waals surface area contributed by atoms with Crippen molar-refractivity contribution < 1.29 is 23.9 Å². The van der Waals surface area contributed by atoms with Gasteiger partial charge in [0, 0.05) is 33.2 Å². The first kappa shape index (κ1) is 18.0. The van der Waals surface area contributed by atoms with Gasteiger partial charge in [-0.15, -0.1) is 0 Å². The molecule has 0 saturated carbocycles. The number of benzene rings is 1. The zero-order valence-corrected chi connectivity index (χ0v) is 14.6. The summed E-state index contributed by atoms with van der Waals surface area (Å²) in [6.45, 7) is 2.39. The first-order valence-electron chi connectivity index (χ1n) is 8.48. The zero-order chi connectivity index (χ0) is 18.5. The lowest BCUT2D eigenvalue weighted by molar-refractivity contribution is -0.143. The molecule has 2 aliphatic rings. The van der Waals surface area contributed by atoms with E-state index >= 15 is 0 Å². The van der Waals surface area contributed by atoms with Crippen molar-refractivity contribution in [1.82, 2.24) is 20.4 Å². The molecule has 1 fully saturated rings. The van der Waals surface area contributed by atoms with Gasteiger partial charge in [0.05, 0.1) is 6.54 Å². The Morgan fingerprint density at radius 2 is 1.81 bits per heavy atom. The highest BCUT2D eigenvalue weighted by molar-refractivity contribution is 5.95. The van der Waals surface area contributed by atoms with Gasteiger partial charge in [-0.2, -0.15) is 0 Å². The summed E-state index contributed by atoms with van der Waals surface area (Å²) in [5.74, 6) is 0.726. The molecule has 2 aliphatic heterocycles. The molecule has 3 rings (SSSR count). The van der Waals surface area contributed by atoms with E-state index in [0.29, 0.717) is 37.7 Å². The Balaban J connectivity index is 1.47. The third-order valence-electron chi connectivity index (χ3n) is 4.32. The van der Waals surface area contributed by atoms with Crippen LogP contribution in [0, 0.1) is 0 Å². The number of piperazine rings is 1. The molecule has 0 radical (unpaired) electrons. The summed E-state index contributed by atoms with van der Waals surface area (Å²) in [6.07, 6.45) is -0.659. The second kappa shape index (κ2) is 8.05. The first-order chi connectivity index (χ1) is 12.6. The number of carbonyl (C=O) groups is 3. The fraction of sp³-hybridized carbons (Fsp3) is 0.471. The number of rotatable bonds is 3. The van der Waals surface area contributed by atoms with Crippen molar-refractivity contribution in [2.24, 2.45) is 0 Å². The second-order valence-electron chi connectivity index (χ2n) is 6.09. The van der Waals surface area contributed by atoms with Crippen molar-refractivity contribution in [3.8, 4) is 11.5 Å². The highest BCUT2D eigenvalue weighted by Gasteiger charge is 2.32. The Hall–Kier alpha value is -2.81. The van der Waals surface area contributed by atoms with Gasteiger partial charge in [0.25, 0.3) is 5.91 Å². The minimum Gasteiger partial charge on any atom is -0.485 e. The molecule has 2 heterocycles. The predicted octanol–water partition coefficient (Wildman–Crippen LogP) is -0.574. The molecule has 1 atom stereocenters. The molecule has 9 heteroatoms. The van der Waals surface area contributed by atoms with Crippen LogP contribution >= 0.6 is 0 Å². The summed E-state index contributed by atoms with van der Waals surface area (Å²) in [4.78, 5) is 39.1. The second-order valence-corrected chi connectivity index (χ2v) is 6.09. The average Bonchev–Trinajstić information content (AvgIpc) is 2.67. The molecule has 1 aromatic carbocycles. The van der Waals surface area contributed by atoms with E-state index in [4.69, 9.17) is 9.47 Å². The van der Waals surface area contributed by atoms with E-state index in [2.05, 4.69) is 10.6 Å². The van der Waals surface area contributed by atoms with Crippen LogP contribution in [0.2, 0.25) is 0 Å². The molecule has 9 nitrogen and oxygen atoms in total. The summed E-state index contributed by atoms with van der Waals surface area (Å²) in [7, 11) is 1.45. The third-order valence-corrected chi connectivity index (χ3v) is 4.32. The van der Waals surface area contributed by atoms with E-state index in [1.165, 1.54) is 7.05 Å². The number of hydrogen-bond acceptors (Lipinski definition) is 6. The lowest BCUT2D eigenvalue weighted by atomic mass is 10.2. The van der Waals surface area contributed by atoms with Gasteiger partial charge in [0.15, 0.2) is 11.5 Å². The number of ether oxygens (including phenoxy) is 2. The molecule has 1 aromatic rings. The maximum Gasteiger partial charge on any atom is 0.321 e. The zero-order valence-electron chi connectivity index (χ0n) is 14.6. The molecular formula is C17H22N4O5. The molecule has 0 aliphatic carbocycles. The Morgan fingerprint density at radius 1 is 1.12 bits per heavy atom. The SMILES string of the molecule is CNC(=O)NC(=O)CN1CCN(C(=O)[C@@H]2COc3ccccc3O2)CC1. The molecular weight excluding hydrogens is 340 g/mol. The van der Waals surface area contributed by atoms with Gasteiger partial charge in [-0.1, -0.05) is 12.1 Å². The molecule has 26 heavy (non-hydrogen) atoms. The highest BCUT2D eigenvalue weighted by atomic mass is 16.6. The van der Waals surface area contributed by atoms with E-state index in [1.54, 1.807) is 17.0 Å². The van der Waals surface area contributed by atoms with Gasteiger partial charge >= 0.3 is 6.03 Å². The molecule has 0 spiro atoms. The number of amides is 4. The quantitative estimate of drug-likeness (QED) is 0.747. The van der Waals surface area contributed by atoms with Crippen LogP contribution in [0.25, 0.3) is 0 Å². The predicted molar refractivity (Wildman–Crippen MR) is 92.0 cm³/mol. The monoisotopic (exact) mass is 362 g/mol. The van der Waals surface area contributed by atoms with Crippen LogP contribution in [-0.2, 0) is 9.59 Å². The third kappa shape index (κ3) is 4.23. The normalized spacial score (nSPS) is 19.6. The number of fused-ring (bicyclic) bond motifs is 1. The van der Waals surface area contributed by atoms with Crippen molar-refractivity contribution in [1.29, 1.82) is 0 Å². The van der Waals surface area contributed by atoms with Crippen LogP contribution in [0.5, 0.6) is 11.5 Å². The highest BCUT2D eigenvalue weighted by Crippen LogP contribution is 2.31. The molecule has 0 bridgehead atoms.